The Kier molecular flexibility index (Phi) is 3.69. The Bertz CT molecular complexity index is 884. The van der Waals surface area contributed by atoms with E-state index in [9.17, 15) is 13.2 Å². The smallest absolute Gasteiger partial charge is 0.294 e. The number of rotatable bonds is 4. The van der Waals surface area contributed by atoms with Gasteiger partial charge in [0.15, 0.2) is 5.76 Å². The lowest BCUT2D eigenvalue weighted by atomic mass is 10.0. The van der Waals surface area contributed by atoms with E-state index in [0.29, 0.717) is 6.54 Å². The molecule has 1 aliphatic carbocycles. The maximum absolute atomic E-state index is 12.8. The van der Waals surface area contributed by atoms with Crippen LogP contribution in [0.5, 0.6) is 0 Å². The molecule has 1 fully saturated rings. The van der Waals surface area contributed by atoms with E-state index in [2.05, 4.69) is 4.72 Å². The van der Waals surface area contributed by atoms with Crippen LogP contribution in [0.2, 0.25) is 0 Å². The van der Waals surface area contributed by atoms with Gasteiger partial charge in [-0.1, -0.05) is 18.2 Å². The van der Waals surface area contributed by atoms with Gasteiger partial charge in [0.1, 0.15) is 0 Å². The number of nitrogens with one attached hydrogen (secondary N) is 1. The van der Waals surface area contributed by atoms with Crippen molar-refractivity contribution in [3.05, 3.63) is 47.7 Å². The average molecular weight is 346 g/mol. The van der Waals surface area contributed by atoms with E-state index >= 15 is 0 Å². The maximum Gasteiger partial charge on any atom is 0.294 e. The van der Waals surface area contributed by atoms with Gasteiger partial charge in [-0.25, -0.2) is 13.1 Å². The van der Waals surface area contributed by atoms with Crippen molar-refractivity contribution in [3.8, 4) is 0 Å². The molecule has 2 aliphatic rings. The fourth-order valence-electron chi connectivity index (χ4n) is 2.94. The minimum absolute atomic E-state index is 0.00628. The number of fused-ring (bicyclic) bond motifs is 1. The van der Waals surface area contributed by atoms with Gasteiger partial charge in [0.05, 0.1) is 0 Å². The van der Waals surface area contributed by atoms with Crippen LogP contribution in [-0.2, 0) is 16.4 Å². The average Bonchev–Trinajstić information content (AvgIpc) is 3.23. The predicted octanol–water partition coefficient (Wildman–Crippen LogP) is 2.31. The molecule has 0 bridgehead atoms. The first-order chi connectivity index (χ1) is 11.5. The molecular weight excluding hydrogens is 328 g/mol. The number of anilines is 1. The molecule has 24 heavy (non-hydrogen) atoms. The van der Waals surface area contributed by atoms with E-state index in [1.165, 1.54) is 12.1 Å². The van der Waals surface area contributed by atoms with Crippen LogP contribution >= 0.6 is 0 Å². The van der Waals surface area contributed by atoms with Crippen LogP contribution in [0.25, 0.3) is 0 Å². The third-order valence-electron chi connectivity index (χ3n) is 4.31. The van der Waals surface area contributed by atoms with Gasteiger partial charge in [0.25, 0.3) is 15.9 Å². The summed E-state index contributed by atoms with van der Waals surface area (Å²) in [5, 5.41) is -0.206. The fraction of sp³-hybridized carbons (Fsp3) is 0.353. The highest BCUT2D eigenvalue weighted by molar-refractivity contribution is 7.89. The van der Waals surface area contributed by atoms with Crippen LogP contribution in [-0.4, -0.2) is 26.9 Å². The van der Waals surface area contributed by atoms with Crippen LogP contribution in [0.3, 0.4) is 0 Å². The number of aryl methyl sites for hydroxylation is 1. The summed E-state index contributed by atoms with van der Waals surface area (Å²) >= 11 is 0. The molecule has 0 radical (unpaired) electrons. The summed E-state index contributed by atoms with van der Waals surface area (Å²) < 4.78 is 32.2. The SMILES string of the molecule is O=C(c1ccc(S(=O)(=O)NC2CC2)o1)N1CCCc2ccccc21. The van der Waals surface area contributed by atoms with Crippen LogP contribution in [0, 0.1) is 0 Å². The van der Waals surface area contributed by atoms with Crippen LogP contribution in [0.1, 0.15) is 35.4 Å². The lowest BCUT2D eigenvalue weighted by Gasteiger charge is -2.28. The van der Waals surface area contributed by atoms with E-state index in [4.69, 9.17) is 4.42 Å². The van der Waals surface area contributed by atoms with Gasteiger partial charge in [0.2, 0.25) is 5.09 Å². The Labute approximate surface area is 140 Å². The summed E-state index contributed by atoms with van der Waals surface area (Å²) in [5.74, 6) is -0.266. The number of sulfonamides is 1. The lowest BCUT2D eigenvalue weighted by Crippen LogP contribution is -2.35. The number of carbonyl (C=O) groups excluding carboxylic acids is 1. The summed E-state index contributed by atoms with van der Waals surface area (Å²) in [4.78, 5) is 14.4. The molecule has 6 nitrogen and oxygen atoms in total. The highest BCUT2D eigenvalue weighted by Crippen LogP contribution is 2.29. The van der Waals surface area contributed by atoms with Crippen LogP contribution in [0.15, 0.2) is 45.9 Å². The third-order valence-corrected chi connectivity index (χ3v) is 5.70. The third kappa shape index (κ3) is 2.85. The monoisotopic (exact) mass is 346 g/mol. The molecule has 2 aromatic rings. The standard InChI is InChI=1S/C17H18N2O4S/c20-17(19-11-3-5-12-4-1-2-6-14(12)19)15-9-10-16(23-15)24(21,22)18-13-7-8-13/h1-2,4,6,9-10,13,18H,3,5,7-8,11H2. The normalized spacial score (nSPS) is 17.6. The minimum Gasteiger partial charge on any atom is -0.438 e. The van der Waals surface area contributed by atoms with Crippen molar-refractivity contribution >= 4 is 21.6 Å². The zero-order valence-corrected chi connectivity index (χ0v) is 13.9. The van der Waals surface area contributed by atoms with Gasteiger partial charge >= 0.3 is 0 Å². The molecule has 2 heterocycles. The molecule has 1 N–H and O–H groups in total. The topological polar surface area (TPSA) is 79.6 Å². The van der Waals surface area contributed by atoms with Crippen molar-refractivity contribution in [1.29, 1.82) is 0 Å². The van der Waals surface area contributed by atoms with Gasteiger partial charge in [0, 0.05) is 18.3 Å². The Morgan fingerprint density at radius 3 is 2.75 bits per heavy atom. The molecule has 1 aromatic carbocycles. The van der Waals surface area contributed by atoms with Gasteiger partial charge in [-0.2, -0.15) is 0 Å². The van der Waals surface area contributed by atoms with Crippen molar-refractivity contribution in [3.63, 3.8) is 0 Å². The number of amides is 1. The molecular formula is C17H18N2O4S. The fourth-order valence-corrected chi connectivity index (χ4v) is 4.17. The van der Waals surface area contributed by atoms with Gasteiger partial charge in [-0.05, 0) is 49.4 Å². The molecule has 0 atom stereocenters. The summed E-state index contributed by atoms with van der Waals surface area (Å²) in [6, 6.07) is 10.5. The first-order valence-electron chi connectivity index (χ1n) is 8.06. The second-order valence-electron chi connectivity index (χ2n) is 6.20. The number of nitrogens with zero attached hydrogens (tertiary/aromatic N) is 1. The molecule has 1 saturated carbocycles. The molecule has 7 heteroatoms. The van der Waals surface area contributed by atoms with Crippen molar-refractivity contribution in [1.82, 2.24) is 4.72 Å². The first kappa shape index (κ1) is 15.4. The number of hydrogen-bond acceptors (Lipinski definition) is 4. The van der Waals surface area contributed by atoms with Gasteiger partial charge < -0.3 is 9.32 Å². The molecule has 0 spiro atoms. The summed E-state index contributed by atoms with van der Waals surface area (Å²) in [5.41, 5.74) is 1.98. The molecule has 1 amide bonds. The number of carbonyl (C=O) groups is 1. The van der Waals surface area contributed by atoms with E-state index in [1.807, 2.05) is 24.3 Å². The Balaban J connectivity index is 1.60. The van der Waals surface area contributed by atoms with Crippen molar-refractivity contribution < 1.29 is 17.6 Å². The second-order valence-corrected chi connectivity index (χ2v) is 7.85. The summed E-state index contributed by atoms with van der Waals surface area (Å²) in [6.07, 6.45) is 3.49. The summed E-state index contributed by atoms with van der Waals surface area (Å²) in [6.45, 7) is 0.596. The molecule has 4 rings (SSSR count). The minimum atomic E-state index is -3.69. The number of para-hydroxylation sites is 1. The predicted molar refractivity (Wildman–Crippen MR) is 88.5 cm³/mol. The van der Waals surface area contributed by atoms with Gasteiger partial charge in [-0.15, -0.1) is 0 Å². The van der Waals surface area contributed by atoms with Crippen LogP contribution < -0.4 is 9.62 Å². The van der Waals surface area contributed by atoms with E-state index in [0.717, 1.165) is 36.9 Å². The lowest BCUT2D eigenvalue weighted by molar-refractivity contribution is 0.0953. The highest BCUT2D eigenvalue weighted by atomic mass is 32.2. The molecule has 0 unspecified atom stereocenters. The van der Waals surface area contributed by atoms with Crippen LogP contribution in [0.4, 0.5) is 5.69 Å². The quantitative estimate of drug-likeness (QED) is 0.921. The molecule has 1 aliphatic heterocycles. The largest absolute Gasteiger partial charge is 0.438 e. The zero-order chi connectivity index (χ0) is 16.7. The van der Waals surface area contributed by atoms with Crippen molar-refractivity contribution in [2.24, 2.45) is 0 Å². The van der Waals surface area contributed by atoms with Gasteiger partial charge in [-0.3, -0.25) is 4.79 Å². The van der Waals surface area contributed by atoms with Crippen molar-refractivity contribution in [2.45, 2.75) is 36.8 Å². The summed E-state index contributed by atoms with van der Waals surface area (Å²) in [7, 11) is -3.69. The number of hydrogen-bond donors (Lipinski definition) is 1. The molecule has 0 saturated heterocycles. The zero-order valence-electron chi connectivity index (χ0n) is 13.1. The molecule has 126 valence electrons. The Morgan fingerprint density at radius 1 is 1.17 bits per heavy atom. The number of furan rings is 1. The highest BCUT2D eigenvalue weighted by Gasteiger charge is 2.31. The second kappa shape index (κ2) is 5.75. The Morgan fingerprint density at radius 2 is 1.96 bits per heavy atom. The first-order valence-corrected chi connectivity index (χ1v) is 9.55. The number of benzene rings is 1. The van der Waals surface area contributed by atoms with Crippen molar-refractivity contribution in [2.75, 3.05) is 11.4 Å². The molecule has 1 aromatic heterocycles. The van der Waals surface area contributed by atoms with E-state index in [-0.39, 0.29) is 22.8 Å². The van der Waals surface area contributed by atoms with E-state index in [1.54, 1.807) is 4.90 Å². The maximum atomic E-state index is 12.8. The Hall–Kier alpha value is -2.12. The van der Waals surface area contributed by atoms with E-state index < -0.39 is 10.0 Å².